The van der Waals surface area contributed by atoms with Crippen LogP contribution in [0.4, 0.5) is 5.69 Å². The number of amidine groups is 1. The average molecular weight is 419 g/mol. The van der Waals surface area contributed by atoms with Crippen molar-refractivity contribution in [3.05, 3.63) is 48.0 Å². The fourth-order valence-corrected chi connectivity index (χ4v) is 4.47. The molecule has 0 fully saturated rings. The summed E-state index contributed by atoms with van der Waals surface area (Å²) in [6.45, 7) is 1.50. The lowest BCUT2D eigenvalue weighted by Gasteiger charge is -2.19. The van der Waals surface area contributed by atoms with Crippen LogP contribution in [0, 0.1) is 0 Å². The molecule has 28 heavy (non-hydrogen) atoms. The van der Waals surface area contributed by atoms with Crippen molar-refractivity contribution in [3.8, 4) is 11.5 Å². The Bertz CT molecular complexity index is 1040. The molecule has 4 rings (SSSR count). The monoisotopic (exact) mass is 419 g/mol. The fourth-order valence-electron chi connectivity index (χ4n) is 2.67. The maximum atomic E-state index is 12.6. The zero-order valence-corrected chi connectivity index (χ0v) is 16.3. The van der Waals surface area contributed by atoms with Crippen LogP contribution in [-0.4, -0.2) is 45.0 Å². The summed E-state index contributed by atoms with van der Waals surface area (Å²) in [5.74, 6) is 1.49. The second-order valence-corrected chi connectivity index (χ2v) is 8.74. The number of hydrogen-bond donors (Lipinski definition) is 2. The Hall–Kier alpha value is -2.72. The van der Waals surface area contributed by atoms with Gasteiger partial charge in [0, 0.05) is 23.1 Å². The molecule has 2 aromatic rings. The molecule has 8 nitrogen and oxygen atoms in total. The van der Waals surface area contributed by atoms with Crippen LogP contribution in [0.5, 0.6) is 11.5 Å². The van der Waals surface area contributed by atoms with Gasteiger partial charge in [-0.3, -0.25) is 14.5 Å². The van der Waals surface area contributed by atoms with Gasteiger partial charge in [0.15, 0.2) is 16.7 Å². The minimum absolute atomic E-state index is 0.0647. The molecule has 2 aromatic carbocycles. The number of fused-ring (bicyclic) bond motifs is 1. The highest BCUT2D eigenvalue weighted by Gasteiger charge is 2.20. The van der Waals surface area contributed by atoms with Crippen LogP contribution in [0.25, 0.3) is 0 Å². The SMILES string of the molecule is O=C(NC1=NCCS1)c1ccc(NS(=O)(=O)c2ccc3c(c2)OCCO3)cc1. The van der Waals surface area contributed by atoms with Crippen LogP contribution < -0.4 is 19.5 Å². The van der Waals surface area contributed by atoms with Gasteiger partial charge in [0.05, 0.1) is 11.4 Å². The highest BCUT2D eigenvalue weighted by Crippen LogP contribution is 2.32. The first kappa shape index (κ1) is 18.6. The summed E-state index contributed by atoms with van der Waals surface area (Å²) in [4.78, 5) is 16.4. The average Bonchev–Trinajstić information content (AvgIpc) is 3.21. The number of carbonyl (C=O) groups is 1. The van der Waals surface area contributed by atoms with Crippen molar-refractivity contribution in [3.63, 3.8) is 0 Å². The Morgan fingerprint density at radius 3 is 2.50 bits per heavy atom. The first-order valence-electron chi connectivity index (χ1n) is 8.52. The predicted octanol–water partition coefficient (Wildman–Crippen LogP) is 2.09. The lowest BCUT2D eigenvalue weighted by Crippen LogP contribution is -2.27. The molecule has 0 atom stereocenters. The van der Waals surface area contributed by atoms with Gasteiger partial charge in [-0.2, -0.15) is 0 Å². The summed E-state index contributed by atoms with van der Waals surface area (Å²) in [5, 5.41) is 3.33. The van der Waals surface area contributed by atoms with E-state index in [1.807, 2.05) is 0 Å². The maximum absolute atomic E-state index is 12.6. The first-order valence-corrected chi connectivity index (χ1v) is 11.0. The smallest absolute Gasteiger partial charge is 0.262 e. The van der Waals surface area contributed by atoms with Gasteiger partial charge >= 0.3 is 0 Å². The van der Waals surface area contributed by atoms with Gasteiger partial charge < -0.3 is 14.8 Å². The molecule has 0 bridgehead atoms. The van der Waals surface area contributed by atoms with Crippen LogP contribution in [0.1, 0.15) is 10.4 Å². The molecule has 0 saturated carbocycles. The maximum Gasteiger partial charge on any atom is 0.262 e. The predicted molar refractivity (Wildman–Crippen MR) is 107 cm³/mol. The molecular weight excluding hydrogens is 402 g/mol. The van der Waals surface area contributed by atoms with E-state index in [9.17, 15) is 13.2 Å². The summed E-state index contributed by atoms with van der Waals surface area (Å²) >= 11 is 1.49. The summed E-state index contributed by atoms with van der Waals surface area (Å²) in [5.41, 5.74) is 0.761. The number of ether oxygens (including phenoxy) is 2. The standard InChI is InChI=1S/C18H17N3O5S2/c22-17(20-18-19-7-10-27-18)12-1-3-13(4-2-12)21-28(23,24)14-5-6-15-16(11-14)26-9-8-25-15/h1-6,11,21H,7-10H2,(H,19,20,22). The van der Waals surface area contributed by atoms with Gasteiger partial charge in [-0.05, 0) is 36.4 Å². The van der Waals surface area contributed by atoms with Crippen LogP contribution in [0.3, 0.4) is 0 Å². The van der Waals surface area contributed by atoms with Crippen molar-refractivity contribution in [2.45, 2.75) is 4.90 Å². The molecular formula is C18H17N3O5S2. The summed E-state index contributed by atoms with van der Waals surface area (Å²) in [6.07, 6.45) is 0. The van der Waals surface area contributed by atoms with Crippen molar-refractivity contribution in [2.75, 3.05) is 30.2 Å². The van der Waals surface area contributed by atoms with E-state index in [2.05, 4.69) is 15.0 Å². The van der Waals surface area contributed by atoms with E-state index in [0.717, 1.165) is 5.75 Å². The number of sulfonamides is 1. The highest BCUT2D eigenvalue weighted by molar-refractivity contribution is 8.14. The molecule has 2 aliphatic heterocycles. The minimum atomic E-state index is -3.81. The fraction of sp³-hybridized carbons (Fsp3) is 0.222. The van der Waals surface area contributed by atoms with E-state index >= 15 is 0 Å². The third kappa shape index (κ3) is 4.07. The number of nitrogens with one attached hydrogen (secondary N) is 2. The van der Waals surface area contributed by atoms with Gasteiger partial charge in [-0.1, -0.05) is 11.8 Å². The zero-order chi connectivity index (χ0) is 19.6. The van der Waals surface area contributed by atoms with E-state index in [1.54, 1.807) is 18.2 Å². The van der Waals surface area contributed by atoms with Crippen LogP contribution >= 0.6 is 11.8 Å². The number of aliphatic imine (C=N–C) groups is 1. The summed E-state index contributed by atoms with van der Waals surface area (Å²) < 4.78 is 38.6. The van der Waals surface area contributed by atoms with Crippen molar-refractivity contribution in [1.29, 1.82) is 0 Å². The molecule has 0 aliphatic carbocycles. The van der Waals surface area contributed by atoms with Gasteiger partial charge in [-0.25, -0.2) is 8.42 Å². The van der Waals surface area contributed by atoms with E-state index in [4.69, 9.17) is 9.47 Å². The zero-order valence-electron chi connectivity index (χ0n) is 14.7. The molecule has 0 aromatic heterocycles. The second-order valence-electron chi connectivity index (χ2n) is 5.98. The summed E-state index contributed by atoms with van der Waals surface area (Å²) in [7, 11) is -3.81. The second kappa shape index (κ2) is 7.72. The first-order chi connectivity index (χ1) is 13.5. The van der Waals surface area contributed by atoms with Crippen molar-refractivity contribution >= 4 is 38.5 Å². The lowest BCUT2D eigenvalue weighted by atomic mass is 10.2. The number of rotatable bonds is 4. The van der Waals surface area contributed by atoms with Gasteiger partial charge in [0.25, 0.3) is 15.9 Å². The number of benzene rings is 2. The van der Waals surface area contributed by atoms with E-state index in [1.165, 1.54) is 36.0 Å². The van der Waals surface area contributed by atoms with E-state index in [-0.39, 0.29) is 10.8 Å². The normalized spacial score (nSPS) is 15.6. The third-order valence-electron chi connectivity index (χ3n) is 4.03. The summed E-state index contributed by atoms with van der Waals surface area (Å²) in [6, 6.07) is 10.6. The van der Waals surface area contributed by atoms with Crippen LogP contribution in [-0.2, 0) is 10.0 Å². The number of anilines is 1. The topological polar surface area (TPSA) is 106 Å². The molecule has 2 heterocycles. The third-order valence-corrected chi connectivity index (χ3v) is 6.30. The number of hydrogen-bond acceptors (Lipinski definition) is 7. The number of amides is 1. The van der Waals surface area contributed by atoms with Gasteiger partial charge in [0.1, 0.15) is 13.2 Å². The van der Waals surface area contributed by atoms with Crippen molar-refractivity contribution in [1.82, 2.24) is 5.32 Å². The molecule has 2 N–H and O–H groups in total. The molecule has 0 radical (unpaired) electrons. The molecule has 0 saturated heterocycles. The highest BCUT2D eigenvalue weighted by atomic mass is 32.2. The molecule has 1 amide bonds. The van der Waals surface area contributed by atoms with Gasteiger partial charge in [-0.15, -0.1) is 0 Å². The molecule has 10 heteroatoms. The molecule has 0 spiro atoms. The quantitative estimate of drug-likeness (QED) is 0.786. The van der Waals surface area contributed by atoms with Crippen molar-refractivity contribution < 1.29 is 22.7 Å². The van der Waals surface area contributed by atoms with Crippen LogP contribution in [0.15, 0.2) is 52.4 Å². The van der Waals surface area contributed by atoms with E-state index in [0.29, 0.717) is 47.7 Å². The van der Waals surface area contributed by atoms with Crippen LogP contribution in [0.2, 0.25) is 0 Å². The Balaban J connectivity index is 1.46. The Morgan fingerprint density at radius 2 is 1.79 bits per heavy atom. The number of thioether (sulfide) groups is 1. The van der Waals surface area contributed by atoms with Gasteiger partial charge in [0.2, 0.25) is 0 Å². The lowest BCUT2D eigenvalue weighted by molar-refractivity contribution is 0.0978. The molecule has 146 valence electrons. The Labute approximate surface area is 166 Å². The molecule has 2 aliphatic rings. The Kier molecular flexibility index (Phi) is 5.14. The van der Waals surface area contributed by atoms with Crippen molar-refractivity contribution in [2.24, 2.45) is 4.99 Å². The number of carbonyl (C=O) groups excluding carboxylic acids is 1. The minimum Gasteiger partial charge on any atom is -0.486 e. The Morgan fingerprint density at radius 1 is 1.04 bits per heavy atom. The largest absolute Gasteiger partial charge is 0.486 e. The van der Waals surface area contributed by atoms with E-state index < -0.39 is 10.0 Å². The number of nitrogens with zero attached hydrogens (tertiary/aromatic N) is 1. The molecule has 0 unspecified atom stereocenters.